The summed E-state index contributed by atoms with van der Waals surface area (Å²) in [6.45, 7) is 14.2. The van der Waals surface area contributed by atoms with E-state index in [1.54, 1.807) is 0 Å². The summed E-state index contributed by atoms with van der Waals surface area (Å²) in [6.07, 6.45) is 0.998. The van der Waals surface area contributed by atoms with Crippen LogP contribution >= 0.6 is 0 Å². The Kier molecular flexibility index (Phi) is 5.12. The Labute approximate surface area is 146 Å². The molecule has 1 aromatic carbocycles. The van der Waals surface area contributed by atoms with Gasteiger partial charge in [0.2, 0.25) is 5.91 Å². The highest BCUT2D eigenvalue weighted by Gasteiger charge is 2.43. The third-order valence-electron chi connectivity index (χ3n) is 5.95. The number of rotatable bonds is 4. The summed E-state index contributed by atoms with van der Waals surface area (Å²) in [4.78, 5) is 14.0. The zero-order chi connectivity index (χ0) is 18.3. The van der Waals surface area contributed by atoms with Gasteiger partial charge in [-0.1, -0.05) is 19.9 Å². The average Bonchev–Trinajstić information content (AvgIpc) is 2.47. The third-order valence-corrected chi connectivity index (χ3v) is 5.95. The van der Waals surface area contributed by atoms with Gasteiger partial charge in [0.05, 0.1) is 5.60 Å². The number of aliphatic hydroxyl groups is 1. The number of benzene rings is 1. The largest absolute Gasteiger partial charge is 0.389 e. The minimum Gasteiger partial charge on any atom is -0.389 e. The number of likely N-dealkylation sites (tertiary alicyclic amines) is 1. The molecule has 1 aliphatic rings. The first-order valence-corrected chi connectivity index (χ1v) is 8.83. The number of nitrogens with zero attached hydrogens (tertiary/aromatic N) is 1. The summed E-state index contributed by atoms with van der Waals surface area (Å²) < 4.78 is 0. The van der Waals surface area contributed by atoms with Crippen molar-refractivity contribution >= 4 is 5.91 Å². The van der Waals surface area contributed by atoms with Gasteiger partial charge in [0, 0.05) is 18.2 Å². The molecule has 1 saturated heterocycles. The van der Waals surface area contributed by atoms with Crippen molar-refractivity contribution in [3.05, 3.63) is 34.9 Å². The van der Waals surface area contributed by atoms with Gasteiger partial charge in [0.25, 0.3) is 0 Å². The number of primary amides is 1. The van der Waals surface area contributed by atoms with Gasteiger partial charge in [-0.15, -0.1) is 0 Å². The first-order valence-electron chi connectivity index (χ1n) is 8.83. The van der Waals surface area contributed by atoms with Crippen molar-refractivity contribution in [1.82, 2.24) is 4.90 Å². The lowest BCUT2D eigenvalue weighted by molar-refractivity contribution is -0.0188. The molecule has 0 aliphatic carbocycles. The van der Waals surface area contributed by atoms with E-state index >= 15 is 0 Å². The second-order valence-electron chi connectivity index (χ2n) is 8.37. The Hall–Kier alpha value is -1.39. The normalized spacial score (nSPS) is 28.8. The monoisotopic (exact) mass is 332 g/mol. The SMILES string of the molecule is Cc1ccc(C(N)=O)cc1[C@]1(C)CCN(CC(C)(C)O)[C@H](C)[C@@H]1C. The molecule has 0 aromatic heterocycles. The summed E-state index contributed by atoms with van der Waals surface area (Å²) in [5.74, 6) is 0.0236. The predicted molar refractivity (Wildman–Crippen MR) is 98.2 cm³/mol. The van der Waals surface area contributed by atoms with E-state index < -0.39 is 5.60 Å². The zero-order valence-electron chi connectivity index (χ0n) is 15.9. The van der Waals surface area contributed by atoms with Gasteiger partial charge in [0.15, 0.2) is 0 Å². The van der Waals surface area contributed by atoms with E-state index in [-0.39, 0.29) is 11.3 Å². The number of aryl methyl sites for hydroxylation is 1. The molecule has 1 heterocycles. The fraction of sp³-hybridized carbons (Fsp3) is 0.650. The highest BCUT2D eigenvalue weighted by molar-refractivity contribution is 5.93. The van der Waals surface area contributed by atoms with Crippen LogP contribution in [0, 0.1) is 12.8 Å². The van der Waals surface area contributed by atoms with E-state index in [0.29, 0.717) is 24.1 Å². The predicted octanol–water partition coefficient (Wildman–Crippen LogP) is 2.85. The highest BCUT2D eigenvalue weighted by Crippen LogP contribution is 2.44. The van der Waals surface area contributed by atoms with Crippen LogP contribution < -0.4 is 5.73 Å². The molecule has 134 valence electrons. The molecule has 1 amide bonds. The van der Waals surface area contributed by atoms with Crippen molar-refractivity contribution < 1.29 is 9.90 Å². The van der Waals surface area contributed by atoms with E-state index in [1.807, 2.05) is 32.0 Å². The van der Waals surface area contributed by atoms with Gasteiger partial charge >= 0.3 is 0 Å². The number of β-amino-alcohol motifs (C(OH)–C–C–N with tert-alkyl or cyclic N) is 1. The lowest BCUT2D eigenvalue weighted by atomic mass is 9.64. The van der Waals surface area contributed by atoms with Crippen LogP contribution in [0.1, 0.15) is 62.5 Å². The van der Waals surface area contributed by atoms with E-state index in [0.717, 1.165) is 13.0 Å². The molecule has 0 spiro atoms. The molecule has 0 radical (unpaired) electrons. The summed E-state index contributed by atoms with van der Waals surface area (Å²) >= 11 is 0. The number of hydrogen-bond donors (Lipinski definition) is 2. The zero-order valence-corrected chi connectivity index (χ0v) is 15.9. The molecule has 4 nitrogen and oxygen atoms in total. The molecular weight excluding hydrogens is 300 g/mol. The molecule has 1 fully saturated rings. The maximum Gasteiger partial charge on any atom is 0.248 e. The van der Waals surface area contributed by atoms with Crippen LogP contribution in [0.15, 0.2) is 18.2 Å². The van der Waals surface area contributed by atoms with E-state index in [2.05, 4.69) is 32.6 Å². The molecule has 0 unspecified atom stereocenters. The molecule has 3 atom stereocenters. The number of hydrogen-bond acceptors (Lipinski definition) is 3. The fourth-order valence-corrected chi connectivity index (χ4v) is 4.15. The number of amides is 1. The maximum absolute atomic E-state index is 11.6. The Morgan fingerprint density at radius 3 is 2.58 bits per heavy atom. The Morgan fingerprint density at radius 1 is 1.42 bits per heavy atom. The van der Waals surface area contributed by atoms with Crippen LogP contribution in [0.25, 0.3) is 0 Å². The van der Waals surface area contributed by atoms with Gasteiger partial charge in [0.1, 0.15) is 0 Å². The van der Waals surface area contributed by atoms with Gasteiger partial charge in [-0.25, -0.2) is 0 Å². The Balaban J connectivity index is 2.35. The standard InChI is InChI=1S/C20H32N2O2/c1-13-7-8-16(18(21)23)11-17(13)20(6)9-10-22(12-19(4,5)24)15(3)14(20)2/h7-8,11,14-15,24H,9-10,12H2,1-6H3,(H2,21,23)/t14-,15+,20+/m0/s1. The van der Waals surface area contributed by atoms with Gasteiger partial charge in [-0.05, 0) is 75.3 Å². The van der Waals surface area contributed by atoms with Crippen molar-refractivity contribution in [2.24, 2.45) is 11.7 Å². The second-order valence-corrected chi connectivity index (χ2v) is 8.37. The summed E-state index contributed by atoms with van der Waals surface area (Å²) in [5, 5.41) is 10.2. The van der Waals surface area contributed by atoms with Crippen molar-refractivity contribution in [3.63, 3.8) is 0 Å². The van der Waals surface area contributed by atoms with Crippen LogP contribution in [0.4, 0.5) is 0 Å². The topological polar surface area (TPSA) is 66.6 Å². The van der Waals surface area contributed by atoms with Crippen molar-refractivity contribution in [2.45, 2.75) is 65.0 Å². The van der Waals surface area contributed by atoms with Gasteiger partial charge in [-0.2, -0.15) is 0 Å². The highest BCUT2D eigenvalue weighted by atomic mass is 16.3. The minimum atomic E-state index is -0.691. The molecule has 0 bridgehead atoms. The molecule has 24 heavy (non-hydrogen) atoms. The average molecular weight is 332 g/mol. The Bertz CT molecular complexity index is 621. The molecular formula is C20H32N2O2. The quantitative estimate of drug-likeness (QED) is 0.891. The first kappa shape index (κ1) is 18.9. The fourth-order valence-electron chi connectivity index (χ4n) is 4.15. The maximum atomic E-state index is 11.6. The van der Waals surface area contributed by atoms with E-state index in [4.69, 9.17) is 5.73 Å². The van der Waals surface area contributed by atoms with Crippen LogP contribution in [-0.2, 0) is 5.41 Å². The van der Waals surface area contributed by atoms with Crippen molar-refractivity contribution in [1.29, 1.82) is 0 Å². The van der Waals surface area contributed by atoms with Crippen molar-refractivity contribution in [2.75, 3.05) is 13.1 Å². The summed E-state index contributed by atoms with van der Waals surface area (Å²) in [7, 11) is 0. The number of nitrogens with two attached hydrogens (primary N) is 1. The molecule has 0 saturated carbocycles. The number of piperidine rings is 1. The number of carbonyl (C=O) groups is 1. The van der Waals surface area contributed by atoms with Gasteiger partial charge in [-0.3, -0.25) is 9.69 Å². The van der Waals surface area contributed by atoms with Crippen LogP contribution in [0.3, 0.4) is 0 Å². The summed E-state index contributed by atoms with van der Waals surface area (Å²) in [6, 6.07) is 6.14. The minimum absolute atomic E-state index is 0.00887. The smallest absolute Gasteiger partial charge is 0.248 e. The first-order chi connectivity index (χ1) is 11.0. The third kappa shape index (κ3) is 3.65. The van der Waals surface area contributed by atoms with Crippen LogP contribution in [0.5, 0.6) is 0 Å². The molecule has 3 N–H and O–H groups in total. The van der Waals surface area contributed by atoms with Crippen molar-refractivity contribution in [3.8, 4) is 0 Å². The van der Waals surface area contributed by atoms with E-state index in [1.165, 1.54) is 11.1 Å². The molecule has 4 heteroatoms. The van der Waals surface area contributed by atoms with E-state index in [9.17, 15) is 9.90 Å². The number of carbonyl (C=O) groups excluding carboxylic acids is 1. The lowest BCUT2D eigenvalue weighted by Crippen LogP contribution is -2.56. The molecule has 2 rings (SSSR count). The second kappa shape index (κ2) is 6.49. The summed E-state index contributed by atoms with van der Waals surface area (Å²) in [5.41, 5.74) is 7.79. The van der Waals surface area contributed by atoms with Crippen LogP contribution in [-0.4, -0.2) is 40.6 Å². The Morgan fingerprint density at radius 2 is 2.04 bits per heavy atom. The molecule has 1 aromatic rings. The lowest BCUT2D eigenvalue weighted by Gasteiger charge is -2.51. The molecule has 1 aliphatic heterocycles. The van der Waals surface area contributed by atoms with Gasteiger partial charge < -0.3 is 10.8 Å². The van der Waals surface area contributed by atoms with Crippen LogP contribution in [0.2, 0.25) is 0 Å².